The molecule has 0 saturated heterocycles. The number of hydrogen-bond acceptors (Lipinski definition) is 5. The number of hydrogen-bond donors (Lipinski definition) is 1. The van der Waals surface area contributed by atoms with Gasteiger partial charge in [0, 0.05) is 17.2 Å². The normalized spacial score (nSPS) is 17.1. The maximum atomic E-state index is 14.1. The average Bonchev–Trinajstić information content (AvgIpc) is 3.37. The molecule has 0 bridgehead atoms. The van der Waals surface area contributed by atoms with Crippen molar-refractivity contribution in [2.24, 2.45) is 0 Å². The number of nitrogens with one attached hydrogen (secondary N) is 1. The third-order valence-electron chi connectivity index (χ3n) is 7.22. The van der Waals surface area contributed by atoms with Crippen LogP contribution in [-0.4, -0.2) is 29.0 Å². The number of fused-ring (bicyclic) bond motifs is 1. The van der Waals surface area contributed by atoms with Crippen LogP contribution < -0.4 is 5.56 Å². The molecule has 8 heteroatoms. The molecule has 1 fully saturated rings. The molecule has 1 saturated carbocycles. The molecule has 5 rings (SSSR count). The number of aromatic nitrogens is 2. The van der Waals surface area contributed by atoms with Crippen molar-refractivity contribution in [1.29, 1.82) is 0 Å². The molecular formula is C26H31N3O4S. The van der Waals surface area contributed by atoms with Crippen molar-refractivity contribution in [3.05, 3.63) is 69.4 Å². The van der Waals surface area contributed by atoms with Crippen molar-refractivity contribution >= 4 is 10.0 Å². The number of nitrogens with zero attached hydrogens (tertiary/aromatic N) is 2. The zero-order valence-electron chi connectivity index (χ0n) is 19.5. The van der Waals surface area contributed by atoms with Gasteiger partial charge >= 0.3 is 0 Å². The number of rotatable bonds is 6. The van der Waals surface area contributed by atoms with Gasteiger partial charge in [-0.2, -0.15) is 9.40 Å². The number of furan rings is 1. The molecule has 3 aromatic rings. The molecule has 2 heterocycles. The van der Waals surface area contributed by atoms with E-state index >= 15 is 0 Å². The van der Waals surface area contributed by atoms with Gasteiger partial charge in [0.25, 0.3) is 5.56 Å². The summed E-state index contributed by atoms with van der Waals surface area (Å²) in [4.78, 5) is 12.6. The van der Waals surface area contributed by atoms with Crippen molar-refractivity contribution in [3.63, 3.8) is 0 Å². The van der Waals surface area contributed by atoms with Crippen molar-refractivity contribution in [2.45, 2.75) is 82.2 Å². The number of aromatic amines is 1. The minimum absolute atomic E-state index is 0.0501. The Bertz CT molecular complexity index is 1320. The van der Waals surface area contributed by atoms with Gasteiger partial charge in [0.05, 0.1) is 23.4 Å². The molecule has 1 aromatic carbocycles. The lowest BCUT2D eigenvalue weighted by molar-refractivity contribution is 0.234. The molecule has 34 heavy (non-hydrogen) atoms. The predicted octanol–water partition coefficient (Wildman–Crippen LogP) is 4.74. The summed E-state index contributed by atoms with van der Waals surface area (Å²) in [5, 5.41) is 6.97. The Hall–Kier alpha value is -2.71. The van der Waals surface area contributed by atoms with E-state index in [2.05, 4.69) is 10.2 Å². The maximum Gasteiger partial charge on any atom is 0.267 e. The predicted molar refractivity (Wildman–Crippen MR) is 130 cm³/mol. The maximum absolute atomic E-state index is 14.1. The van der Waals surface area contributed by atoms with Crippen molar-refractivity contribution < 1.29 is 12.8 Å². The Morgan fingerprint density at radius 1 is 1.06 bits per heavy atom. The Kier molecular flexibility index (Phi) is 6.44. The van der Waals surface area contributed by atoms with Gasteiger partial charge in [-0.3, -0.25) is 4.79 Å². The Morgan fingerprint density at radius 2 is 1.82 bits per heavy atom. The summed E-state index contributed by atoms with van der Waals surface area (Å²) < 4.78 is 35.4. The van der Waals surface area contributed by atoms with E-state index < -0.39 is 10.0 Å². The van der Waals surface area contributed by atoms with Crippen molar-refractivity contribution in [1.82, 2.24) is 14.5 Å². The van der Waals surface area contributed by atoms with E-state index in [1.807, 2.05) is 25.1 Å². The number of H-pyrrole nitrogens is 1. The van der Waals surface area contributed by atoms with E-state index in [1.54, 1.807) is 22.7 Å². The highest BCUT2D eigenvalue weighted by Gasteiger charge is 2.34. The molecule has 1 N–H and O–H groups in total. The van der Waals surface area contributed by atoms with Gasteiger partial charge in [0.15, 0.2) is 0 Å². The molecule has 7 nitrogen and oxygen atoms in total. The molecule has 0 radical (unpaired) electrons. The summed E-state index contributed by atoms with van der Waals surface area (Å²) in [6.07, 6.45) is 9.99. The first-order chi connectivity index (χ1) is 16.4. The Labute approximate surface area is 200 Å². The van der Waals surface area contributed by atoms with E-state index in [9.17, 15) is 13.2 Å². The van der Waals surface area contributed by atoms with Crippen LogP contribution in [0.5, 0.6) is 0 Å². The van der Waals surface area contributed by atoms with Crippen LogP contribution >= 0.6 is 0 Å². The Morgan fingerprint density at radius 3 is 2.56 bits per heavy atom. The second kappa shape index (κ2) is 9.50. The fraction of sp³-hybridized carbons (Fsp3) is 0.462. The van der Waals surface area contributed by atoms with Crippen LogP contribution in [0.2, 0.25) is 0 Å². The third-order valence-corrected chi connectivity index (χ3v) is 9.26. The van der Waals surface area contributed by atoms with Gasteiger partial charge < -0.3 is 4.42 Å². The molecule has 180 valence electrons. The zero-order valence-corrected chi connectivity index (χ0v) is 20.4. The molecule has 0 unspecified atom stereocenters. The van der Waals surface area contributed by atoms with Crippen molar-refractivity contribution in [2.75, 3.05) is 0 Å². The molecule has 2 aliphatic rings. The van der Waals surface area contributed by atoms with Gasteiger partial charge in [-0.05, 0) is 74.8 Å². The van der Waals surface area contributed by atoms with Crippen LogP contribution in [0.25, 0.3) is 11.3 Å². The minimum atomic E-state index is -3.79. The second-order valence-corrected chi connectivity index (χ2v) is 11.3. The molecule has 0 amide bonds. The fourth-order valence-electron chi connectivity index (χ4n) is 5.38. The first-order valence-electron chi connectivity index (χ1n) is 12.2. The first kappa shape index (κ1) is 23.1. The lowest BCUT2D eigenvalue weighted by Crippen LogP contribution is -2.41. The van der Waals surface area contributed by atoms with Gasteiger partial charge in [0.1, 0.15) is 5.76 Å². The van der Waals surface area contributed by atoms with E-state index in [-0.39, 0.29) is 18.1 Å². The van der Waals surface area contributed by atoms with E-state index in [0.29, 0.717) is 21.9 Å². The zero-order chi connectivity index (χ0) is 23.7. The smallest absolute Gasteiger partial charge is 0.267 e. The second-order valence-electron chi connectivity index (χ2n) is 9.47. The standard InChI is InChI=1S/C26H31N3O4S/c1-18-13-14-19(25-22-11-5-6-12-23(22)26(30)28-27-25)16-24(18)34(31,32)29(17-21-10-7-15-33-21)20-8-3-2-4-9-20/h7,10,13-16,20H,2-6,8-9,11-12,17H2,1H3,(H,28,30). The summed E-state index contributed by atoms with van der Waals surface area (Å²) in [7, 11) is -3.79. The van der Waals surface area contributed by atoms with E-state index in [1.165, 1.54) is 0 Å². The topological polar surface area (TPSA) is 96.3 Å². The molecule has 2 aromatic heterocycles. The summed E-state index contributed by atoms with van der Waals surface area (Å²) in [6.45, 7) is 2.05. The fourth-order valence-corrected chi connectivity index (χ4v) is 7.29. The van der Waals surface area contributed by atoms with Crippen LogP contribution in [-0.2, 0) is 29.4 Å². The molecule has 0 spiro atoms. The lowest BCUT2D eigenvalue weighted by atomic mass is 9.90. The number of benzene rings is 1. The van der Waals surface area contributed by atoms with Gasteiger partial charge in [-0.1, -0.05) is 31.4 Å². The van der Waals surface area contributed by atoms with Crippen LogP contribution in [0.4, 0.5) is 0 Å². The van der Waals surface area contributed by atoms with Crippen LogP contribution in [0.3, 0.4) is 0 Å². The van der Waals surface area contributed by atoms with Crippen LogP contribution in [0, 0.1) is 6.92 Å². The lowest BCUT2D eigenvalue weighted by Gasteiger charge is -2.33. The van der Waals surface area contributed by atoms with Crippen LogP contribution in [0.1, 0.15) is 67.4 Å². The Balaban J connectivity index is 1.58. The largest absolute Gasteiger partial charge is 0.468 e. The van der Waals surface area contributed by atoms with E-state index in [4.69, 9.17) is 4.42 Å². The minimum Gasteiger partial charge on any atom is -0.468 e. The van der Waals surface area contributed by atoms with Gasteiger partial charge in [-0.15, -0.1) is 0 Å². The molecule has 0 aliphatic heterocycles. The van der Waals surface area contributed by atoms with E-state index in [0.717, 1.165) is 74.5 Å². The average molecular weight is 482 g/mol. The highest BCUT2D eigenvalue weighted by molar-refractivity contribution is 7.89. The van der Waals surface area contributed by atoms with Gasteiger partial charge in [0.2, 0.25) is 10.0 Å². The van der Waals surface area contributed by atoms with Crippen molar-refractivity contribution in [3.8, 4) is 11.3 Å². The monoisotopic (exact) mass is 481 g/mol. The molecule has 2 aliphatic carbocycles. The van der Waals surface area contributed by atoms with Crippen LogP contribution in [0.15, 0.2) is 50.7 Å². The summed E-state index contributed by atoms with van der Waals surface area (Å²) in [5.74, 6) is 0.638. The molecule has 0 atom stereocenters. The number of sulfonamides is 1. The first-order valence-corrected chi connectivity index (χ1v) is 13.6. The SMILES string of the molecule is Cc1ccc(-c2n[nH]c(=O)c3c2CCCC3)cc1S(=O)(=O)N(Cc1ccco1)C1CCCCC1. The highest BCUT2D eigenvalue weighted by Crippen LogP contribution is 2.34. The third kappa shape index (κ3) is 4.36. The summed E-state index contributed by atoms with van der Waals surface area (Å²) >= 11 is 0. The summed E-state index contributed by atoms with van der Waals surface area (Å²) in [5.41, 5.74) is 3.69. The molecular weight excluding hydrogens is 450 g/mol. The highest BCUT2D eigenvalue weighted by atomic mass is 32.2. The quantitative estimate of drug-likeness (QED) is 0.549. The summed E-state index contributed by atoms with van der Waals surface area (Å²) in [6, 6.07) is 9.05. The van der Waals surface area contributed by atoms with Gasteiger partial charge in [-0.25, -0.2) is 13.5 Å². The number of aryl methyl sites for hydroxylation is 1.